The van der Waals surface area contributed by atoms with Crippen LogP contribution in [0.5, 0.6) is 0 Å². The predicted molar refractivity (Wildman–Crippen MR) is 130 cm³/mol. The van der Waals surface area contributed by atoms with Crippen LogP contribution in [0, 0.1) is 13.8 Å². The fraction of sp³-hybridized carbons (Fsp3) is 0.261. The number of amides is 2. The maximum Gasteiger partial charge on any atom is 0.256 e. The van der Waals surface area contributed by atoms with Gasteiger partial charge in [-0.2, -0.15) is 0 Å². The number of hydrogen-bond acceptors (Lipinski definition) is 5. The van der Waals surface area contributed by atoms with Crippen LogP contribution in [0.2, 0.25) is 0 Å². The molecule has 160 valence electrons. The van der Waals surface area contributed by atoms with Gasteiger partial charge in [-0.05, 0) is 62.6 Å². The van der Waals surface area contributed by atoms with Crippen molar-refractivity contribution >= 4 is 55.9 Å². The van der Waals surface area contributed by atoms with Crippen LogP contribution in [0.3, 0.4) is 0 Å². The van der Waals surface area contributed by atoms with Crippen molar-refractivity contribution in [2.45, 2.75) is 38.0 Å². The lowest BCUT2D eigenvalue weighted by molar-refractivity contribution is -0.117. The molecule has 0 spiro atoms. The van der Waals surface area contributed by atoms with Gasteiger partial charge in [0.1, 0.15) is 10.3 Å². The normalized spacial score (nSPS) is 19.6. The van der Waals surface area contributed by atoms with E-state index < -0.39 is 5.25 Å². The molecule has 2 aliphatic rings. The minimum Gasteiger partial charge on any atom is -0.400 e. The Morgan fingerprint density at radius 3 is 2.48 bits per heavy atom. The molecule has 31 heavy (non-hydrogen) atoms. The number of anilines is 1. The largest absolute Gasteiger partial charge is 0.400 e. The van der Waals surface area contributed by atoms with Gasteiger partial charge in [-0.15, -0.1) is 0 Å². The number of nitrogens with two attached hydrogens (primary N) is 1. The molecule has 0 saturated heterocycles. The van der Waals surface area contributed by atoms with E-state index >= 15 is 0 Å². The molecule has 1 aliphatic heterocycles. The van der Waals surface area contributed by atoms with E-state index in [1.807, 2.05) is 44.2 Å². The molecule has 0 bridgehead atoms. The molecule has 1 atom stereocenters. The van der Waals surface area contributed by atoms with Crippen molar-refractivity contribution in [3.05, 3.63) is 69.3 Å². The average molecular weight is 499 g/mol. The van der Waals surface area contributed by atoms with Gasteiger partial charge < -0.3 is 16.4 Å². The van der Waals surface area contributed by atoms with E-state index in [2.05, 4.69) is 26.6 Å². The molecular weight excluding hydrogens is 476 g/mol. The number of thioether (sulfide) groups is 1. The maximum absolute atomic E-state index is 13.0. The van der Waals surface area contributed by atoms with Crippen molar-refractivity contribution < 1.29 is 9.59 Å². The number of carbonyl (C=O) groups excluding carboxylic acids is 2. The number of carbonyl (C=O) groups is 2. The number of nitrogens with zero attached hydrogens (tertiary/aromatic N) is 1. The number of hydrogen-bond donors (Lipinski definition) is 3. The molecule has 0 radical (unpaired) electrons. The number of aryl methyl sites for hydroxylation is 2. The summed E-state index contributed by atoms with van der Waals surface area (Å²) in [5.41, 5.74) is 10.4. The lowest BCUT2D eigenvalue weighted by Crippen LogP contribution is -2.32. The van der Waals surface area contributed by atoms with Crippen molar-refractivity contribution in [1.29, 1.82) is 0 Å². The van der Waals surface area contributed by atoms with Crippen LogP contribution in [0.4, 0.5) is 11.4 Å². The summed E-state index contributed by atoms with van der Waals surface area (Å²) in [6.07, 6.45) is 1.92. The Kier molecular flexibility index (Phi) is 6.20. The Balaban J connectivity index is 1.64. The third-order valence-electron chi connectivity index (χ3n) is 5.08. The van der Waals surface area contributed by atoms with E-state index in [-0.39, 0.29) is 23.6 Å². The van der Waals surface area contributed by atoms with Crippen molar-refractivity contribution in [1.82, 2.24) is 5.32 Å². The van der Waals surface area contributed by atoms with Crippen molar-refractivity contribution in [3.8, 4) is 0 Å². The predicted octanol–water partition coefficient (Wildman–Crippen LogP) is 4.34. The maximum atomic E-state index is 13.0. The number of benzene rings is 2. The van der Waals surface area contributed by atoms with E-state index in [0.717, 1.165) is 34.1 Å². The molecule has 6 nitrogen and oxygen atoms in total. The fourth-order valence-corrected chi connectivity index (χ4v) is 4.64. The Morgan fingerprint density at radius 2 is 1.84 bits per heavy atom. The Hall–Kier alpha value is -2.58. The van der Waals surface area contributed by atoms with Crippen molar-refractivity contribution in [2.75, 3.05) is 5.32 Å². The quantitative estimate of drug-likeness (QED) is 0.570. The SMILES string of the molecule is Cc1ccc(N=C2S[C@@H](C(=O)Nc3ccc(Br)cc3)C(N)=C2C(=O)NC2CC2)c(C)c1. The summed E-state index contributed by atoms with van der Waals surface area (Å²) < 4.78 is 0.919. The van der Waals surface area contributed by atoms with Crippen LogP contribution in [0.25, 0.3) is 0 Å². The first-order chi connectivity index (χ1) is 14.8. The van der Waals surface area contributed by atoms with Gasteiger partial charge in [0.15, 0.2) is 0 Å². The van der Waals surface area contributed by atoms with Crippen LogP contribution >= 0.6 is 27.7 Å². The minimum absolute atomic E-state index is 0.177. The van der Waals surface area contributed by atoms with Gasteiger partial charge in [0.05, 0.1) is 11.3 Å². The van der Waals surface area contributed by atoms with Crippen LogP contribution in [0.1, 0.15) is 24.0 Å². The monoisotopic (exact) mass is 498 g/mol. The standard InChI is InChI=1S/C23H23BrN4O2S/c1-12-3-10-17(13(2)11-12)28-23-18(21(29)26-16-8-9-16)19(25)20(31-23)22(30)27-15-6-4-14(24)5-7-15/h3-7,10-11,16,20H,8-9,25H2,1-2H3,(H,26,29)(H,27,30)/t20-/m1/s1. The summed E-state index contributed by atoms with van der Waals surface area (Å²) in [7, 11) is 0. The highest BCUT2D eigenvalue weighted by Crippen LogP contribution is 2.36. The zero-order valence-electron chi connectivity index (χ0n) is 17.2. The van der Waals surface area contributed by atoms with Crippen LogP contribution < -0.4 is 16.4 Å². The van der Waals surface area contributed by atoms with Crippen molar-refractivity contribution in [3.63, 3.8) is 0 Å². The van der Waals surface area contributed by atoms with E-state index in [1.54, 1.807) is 12.1 Å². The summed E-state index contributed by atoms with van der Waals surface area (Å²) in [4.78, 5) is 30.6. The highest BCUT2D eigenvalue weighted by Gasteiger charge is 2.39. The molecular formula is C23H23BrN4O2S. The number of halogens is 1. The first-order valence-electron chi connectivity index (χ1n) is 10.0. The number of rotatable bonds is 5. The minimum atomic E-state index is -0.729. The van der Waals surface area contributed by atoms with Gasteiger partial charge in [0.25, 0.3) is 5.91 Å². The third-order valence-corrected chi connectivity index (χ3v) is 6.83. The molecule has 2 aromatic rings. The molecule has 2 amide bonds. The zero-order valence-corrected chi connectivity index (χ0v) is 19.6. The molecule has 4 rings (SSSR count). The lowest BCUT2D eigenvalue weighted by Gasteiger charge is -2.11. The van der Waals surface area contributed by atoms with E-state index in [1.165, 1.54) is 11.8 Å². The van der Waals surface area contributed by atoms with Gasteiger partial charge >= 0.3 is 0 Å². The molecule has 1 heterocycles. The molecule has 1 saturated carbocycles. The van der Waals surface area contributed by atoms with Gasteiger partial charge in [-0.1, -0.05) is 45.4 Å². The smallest absolute Gasteiger partial charge is 0.256 e. The fourth-order valence-electron chi connectivity index (χ4n) is 3.26. The van der Waals surface area contributed by atoms with Crippen LogP contribution in [0.15, 0.2) is 63.2 Å². The van der Waals surface area contributed by atoms with Gasteiger partial charge in [0.2, 0.25) is 5.91 Å². The second-order valence-corrected chi connectivity index (χ2v) is 9.79. The lowest BCUT2D eigenvalue weighted by atomic mass is 10.1. The topological polar surface area (TPSA) is 96.6 Å². The first kappa shape index (κ1) is 21.6. The summed E-state index contributed by atoms with van der Waals surface area (Å²) in [5, 5.41) is 5.59. The molecule has 1 fully saturated rings. The number of nitrogens with one attached hydrogen (secondary N) is 2. The highest BCUT2D eigenvalue weighted by atomic mass is 79.9. The van der Waals surface area contributed by atoms with Gasteiger partial charge in [-0.25, -0.2) is 4.99 Å². The van der Waals surface area contributed by atoms with Gasteiger partial charge in [-0.3, -0.25) is 9.59 Å². The Morgan fingerprint density at radius 1 is 1.13 bits per heavy atom. The average Bonchev–Trinajstić information content (AvgIpc) is 3.47. The summed E-state index contributed by atoms with van der Waals surface area (Å²) in [5.74, 6) is -0.553. The van der Waals surface area contributed by atoms with E-state index in [9.17, 15) is 9.59 Å². The molecule has 8 heteroatoms. The number of aliphatic imine (C=N–C) groups is 1. The van der Waals surface area contributed by atoms with E-state index in [4.69, 9.17) is 10.7 Å². The van der Waals surface area contributed by atoms with Crippen molar-refractivity contribution in [2.24, 2.45) is 10.7 Å². The molecule has 0 aromatic heterocycles. The molecule has 2 aromatic carbocycles. The van der Waals surface area contributed by atoms with E-state index in [0.29, 0.717) is 16.3 Å². The molecule has 0 unspecified atom stereocenters. The summed E-state index contributed by atoms with van der Waals surface area (Å²) in [6, 6.07) is 13.4. The molecule has 4 N–H and O–H groups in total. The third kappa shape index (κ3) is 5.02. The molecule has 1 aliphatic carbocycles. The highest BCUT2D eigenvalue weighted by molar-refractivity contribution is 9.10. The second kappa shape index (κ2) is 8.88. The summed E-state index contributed by atoms with van der Waals surface area (Å²) in [6.45, 7) is 3.99. The van der Waals surface area contributed by atoms with Gasteiger partial charge in [0, 0.05) is 21.9 Å². The Labute approximate surface area is 193 Å². The summed E-state index contributed by atoms with van der Waals surface area (Å²) >= 11 is 4.59. The van der Waals surface area contributed by atoms with Crippen LogP contribution in [-0.2, 0) is 9.59 Å². The first-order valence-corrected chi connectivity index (χ1v) is 11.7. The Bertz CT molecular complexity index is 1110. The van der Waals surface area contributed by atoms with Crippen LogP contribution in [-0.4, -0.2) is 28.1 Å². The second-order valence-electron chi connectivity index (χ2n) is 7.78. The zero-order chi connectivity index (χ0) is 22.1.